The first kappa shape index (κ1) is 14.0. The molecule has 1 unspecified atom stereocenters. The number of piperidine rings is 1. The molecule has 1 N–H and O–H groups in total. The molecule has 2 heterocycles. The number of allylic oxidation sites excluding steroid dienone is 1. The van der Waals surface area contributed by atoms with Crippen LogP contribution >= 0.6 is 0 Å². The molecular weight excluding hydrogens is 226 g/mol. The predicted molar refractivity (Wildman–Crippen MR) is 73.8 cm³/mol. The number of nitrogens with one attached hydrogen (secondary N) is 1. The van der Waals surface area contributed by atoms with E-state index in [0.717, 1.165) is 52.0 Å². The van der Waals surface area contributed by atoms with Gasteiger partial charge in [0.05, 0.1) is 18.3 Å². The van der Waals surface area contributed by atoms with Gasteiger partial charge in [-0.2, -0.15) is 0 Å². The molecule has 2 aliphatic heterocycles. The van der Waals surface area contributed by atoms with Crippen LogP contribution in [0.1, 0.15) is 44.9 Å². The molecular formula is C15H27NO2. The van der Waals surface area contributed by atoms with Crippen LogP contribution in [0.4, 0.5) is 0 Å². The van der Waals surface area contributed by atoms with E-state index in [-0.39, 0.29) is 5.60 Å². The first-order valence-corrected chi connectivity index (χ1v) is 7.42. The second kappa shape index (κ2) is 7.27. The second-order valence-corrected chi connectivity index (χ2v) is 5.58. The topological polar surface area (TPSA) is 30.5 Å². The Bertz CT molecular complexity index is 249. The molecule has 2 rings (SSSR count). The van der Waals surface area contributed by atoms with E-state index in [0.29, 0.717) is 6.10 Å². The maximum atomic E-state index is 6.01. The molecule has 0 bridgehead atoms. The minimum Gasteiger partial charge on any atom is -0.376 e. The van der Waals surface area contributed by atoms with E-state index < -0.39 is 0 Å². The van der Waals surface area contributed by atoms with Crippen LogP contribution in [0.15, 0.2) is 12.7 Å². The minimum absolute atomic E-state index is 0.138. The van der Waals surface area contributed by atoms with E-state index in [1.165, 1.54) is 19.3 Å². The van der Waals surface area contributed by atoms with Crippen molar-refractivity contribution in [2.75, 3.05) is 26.3 Å². The number of unbranched alkanes of at least 4 members (excludes halogenated alkanes) is 3. The Balaban J connectivity index is 1.56. The van der Waals surface area contributed by atoms with E-state index in [4.69, 9.17) is 9.47 Å². The van der Waals surface area contributed by atoms with E-state index in [9.17, 15) is 0 Å². The van der Waals surface area contributed by atoms with Gasteiger partial charge in [0.1, 0.15) is 0 Å². The van der Waals surface area contributed by atoms with Crippen LogP contribution in [-0.2, 0) is 9.47 Å². The lowest BCUT2D eigenvalue weighted by Crippen LogP contribution is -2.41. The fourth-order valence-corrected chi connectivity index (χ4v) is 2.96. The molecule has 3 heteroatoms. The first-order valence-electron chi connectivity index (χ1n) is 7.42. The van der Waals surface area contributed by atoms with Crippen LogP contribution < -0.4 is 5.32 Å². The summed E-state index contributed by atoms with van der Waals surface area (Å²) in [4.78, 5) is 0. The van der Waals surface area contributed by atoms with Gasteiger partial charge in [0.15, 0.2) is 0 Å². The minimum atomic E-state index is 0.138. The predicted octanol–water partition coefficient (Wildman–Crippen LogP) is 2.66. The van der Waals surface area contributed by atoms with Gasteiger partial charge in [-0.3, -0.25) is 0 Å². The Morgan fingerprint density at radius 2 is 2.11 bits per heavy atom. The molecule has 2 fully saturated rings. The molecule has 2 saturated heterocycles. The van der Waals surface area contributed by atoms with Crippen LogP contribution in [0.25, 0.3) is 0 Å². The Labute approximate surface area is 111 Å². The summed E-state index contributed by atoms with van der Waals surface area (Å²) in [5.74, 6) is 0. The van der Waals surface area contributed by atoms with Gasteiger partial charge in [-0.05, 0) is 45.2 Å². The van der Waals surface area contributed by atoms with Gasteiger partial charge in [0.2, 0.25) is 0 Å². The van der Waals surface area contributed by atoms with Crippen LogP contribution in [0.5, 0.6) is 0 Å². The number of hydrogen-bond acceptors (Lipinski definition) is 3. The Morgan fingerprint density at radius 1 is 1.28 bits per heavy atom. The van der Waals surface area contributed by atoms with Crippen molar-refractivity contribution >= 4 is 0 Å². The second-order valence-electron chi connectivity index (χ2n) is 5.58. The molecule has 2 aliphatic rings. The van der Waals surface area contributed by atoms with Crippen LogP contribution in [0.3, 0.4) is 0 Å². The van der Waals surface area contributed by atoms with Gasteiger partial charge >= 0.3 is 0 Å². The zero-order chi connectivity index (χ0) is 12.7. The third-order valence-corrected chi connectivity index (χ3v) is 4.10. The highest BCUT2D eigenvalue weighted by atomic mass is 16.6. The summed E-state index contributed by atoms with van der Waals surface area (Å²) in [5.41, 5.74) is 0.138. The third kappa shape index (κ3) is 4.08. The highest BCUT2D eigenvalue weighted by Gasteiger charge is 2.41. The van der Waals surface area contributed by atoms with E-state index >= 15 is 0 Å². The first-order chi connectivity index (χ1) is 8.85. The Kier molecular flexibility index (Phi) is 5.67. The highest BCUT2D eigenvalue weighted by molar-refractivity contribution is 4.93. The molecule has 0 aromatic carbocycles. The van der Waals surface area contributed by atoms with Crippen molar-refractivity contribution < 1.29 is 9.47 Å². The van der Waals surface area contributed by atoms with Crippen molar-refractivity contribution in [2.45, 2.75) is 56.7 Å². The zero-order valence-corrected chi connectivity index (χ0v) is 11.5. The third-order valence-electron chi connectivity index (χ3n) is 4.10. The molecule has 0 aliphatic carbocycles. The summed E-state index contributed by atoms with van der Waals surface area (Å²) in [6.45, 7) is 7.61. The molecule has 1 atom stereocenters. The Hall–Kier alpha value is -0.380. The van der Waals surface area contributed by atoms with Crippen molar-refractivity contribution in [3.8, 4) is 0 Å². The van der Waals surface area contributed by atoms with Gasteiger partial charge in [0, 0.05) is 13.0 Å². The summed E-state index contributed by atoms with van der Waals surface area (Å²) in [6, 6.07) is 0. The monoisotopic (exact) mass is 253 g/mol. The molecule has 0 saturated carbocycles. The quantitative estimate of drug-likeness (QED) is 0.559. The number of rotatable bonds is 7. The summed E-state index contributed by atoms with van der Waals surface area (Å²) < 4.78 is 12.0. The zero-order valence-electron chi connectivity index (χ0n) is 11.5. The van der Waals surface area contributed by atoms with Gasteiger partial charge in [-0.25, -0.2) is 0 Å². The molecule has 3 nitrogen and oxygen atoms in total. The van der Waals surface area contributed by atoms with Crippen LogP contribution in [0.2, 0.25) is 0 Å². The van der Waals surface area contributed by atoms with Crippen molar-refractivity contribution in [3.05, 3.63) is 12.7 Å². The average molecular weight is 253 g/mol. The molecule has 0 aromatic heterocycles. The SMILES string of the molecule is C=CCCCCCOC1COC2(CCNCC2)C1. The van der Waals surface area contributed by atoms with Gasteiger partial charge in [-0.15, -0.1) is 6.58 Å². The number of hydrogen-bond donors (Lipinski definition) is 1. The number of ether oxygens (including phenoxy) is 2. The maximum absolute atomic E-state index is 6.01. The largest absolute Gasteiger partial charge is 0.376 e. The van der Waals surface area contributed by atoms with Crippen LogP contribution in [-0.4, -0.2) is 38.0 Å². The lowest BCUT2D eigenvalue weighted by molar-refractivity contribution is -0.0234. The smallest absolute Gasteiger partial charge is 0.0836 e. The normalized spacial score (nSPS) is 26.6. The van der Waals surface area contributed by atoms with Gasteiger partial charge < -0.3 is 14.8 Å². The van der Waals surface area contributed by atoms with Crippen molar-refractivity contribution in [3.63, 3.8) is 0 Å². The van der Waals surface area contributed by atoms with Crippen molar-refractivity contribution in [2.24, 2.45) is 0 Å². The molecule has 0 aromatic rings. The average Bonchev–Trinajstić information content (AvgIpc) is 2.78. The van der Waals surface area contributed by atoms with Crippen LogP contribution in [0, 0.1) is 0 Å². The maximum Gasteiger partial charge on any atom is 0.0836 e. The van der Waals surface area contributed by atoms with E-state index in [1.54, 1.807) is 0 Å². The van der Waals surface area contributed by atoms with Gasteiger partial charge in [0.25, 0.3) is 0 Å². The Morgan fingerprint density at radius 3 is 2.89 bits per heavy atom. The summed E-state index contributed by atoms with van der Waals surface area (Å²) in [5, 5.41) is 3.39. The fourth-order valence-electron chi connectivity index (χ4n) is 2.96. The molecule has 0 amide bonds. The summed E-state index contributed by atoms with van der Waals surface area (Å²) in [7, 11) is 0. The van der Waals surface area contributed by atoms with E-state index in [2.05, 4.69) is 11.9 Å². The fraction of sp³-hybridized carbons (Fsp3) is 0.867. The highest BCUT2D eigenvalue weighted by Crippen LogP contribution is 2.35. The lowest BCUT2D eigenvalue weighted by Gasteiger charge is -2.32. The van der Waals surface area contributed by atoms with E-state index in [1.807, 2.05) is 6.08 Å². The molecule has 104 valence electrons. The standard InChI is InChI=1S/C15H27NO2/c1-2-3-4-5-6-11-17-14-12-15(18-13-14)7-9-16-10-8-15/h2,14,16H,1,3-13H2. The molecule has 1 spiro atoms. The summed E-state index contributed by atoms with van der Waals surface area (Å²) in [6.07, 6.45) is 10.5. The lowest BCUT2D eigenvalue weighted by atomic mass is 9.89. The van der Waals surface area contributed by atoms with Gasteiger partial charge in [-0.1, -0.05) is 12.5 Å². The molecule has 0 radical (unpaired) electrons. The van der Waals surface area contributed by atoms with Crippen molar-refractivity contribution in [1.82, 2.24) is 5.32 Å². The summed E-state index contributed by atoms with van der Waals surface area (Å²) >= 11 is 0. The molecule has 18 heavy (non-hydrogen) atoms. The van der Waals surface area contributed by atoms with Crippen molar-refractivity contribution in [1.29, 1.82) is 0 Å².